The second-order valence-corrected chi connectivity index (χ2v) is 6.05. The third kappa shape index (κ3) is 3.37. The highest BCUT2D eigenvalue weighted by atomic mass is 16.5. The minimum atomic E-state index is -0.374. The van der Waals surface area contributed by atoms with E-state index >= 15 is 0 Å². The molecule has 28 heavy (non-hydrogen) atoms. The lowest BCUT2D eigenvalue weighted by atomic mass is 10.1. The summed E-state index contributed by atoms with van der Waals surface area (Å²) in [5, 5.41) is 7.64. The SMILES string of the molecule is COC(=O)c1ccc(Nc2nc3c(-c4ccc(OC)cc4)cccn3n2)cc1. The Bertz CT molecular complexity index is 1120. The summed E-state index contributed by atoms with van der Waals surface area (Å²) in [5.41, 5.74) is 3.98. The van der Waals surface area contributed by atoms with Gasteiger partial charge in [-0.25, -0.2) is 9.31 Å². The summed E-state index contributed by atoms with van der Waals surface area (Å²) in [5.74, 6) is 0.892. The maximum atomic E-state index is 11.5. The van der Waals surface area contributed by atoms with Crippen LogP contribution in [0, 0.1) is 0 Å². The van der Waals surface area contributed by atoms with Crippen molar-refractivity contribution in [3.05, 3.63) is 72.4 Å². The van der Waals surface area contributed by atoms with Gasteiger partial charge < -0.3 is 14.8 Å². The molecular formula is C21H18N4O3. The third-order valence-corrected chi connectivity index (χ3v) is 4.33. The number of nitrogens with zero attached hydrogens (tertiary/aromatic N) is 3. The number of carbonyl (C=O) groups excluding carboxylic acids is 1. The minimum Gasteiger partial charge on any atom is -0.497 e. The number of ether oxygens (including phenoxy) is 2. The molecule has 0 spiro atoms. The predicted molar refractivity (Wildman–Crippen MR) is 106 cm³/mol. The first kappa shape index (κ1) is 17.5. The van der Waals surface area contributed by atoms with Crippen LogP contribution in [0.3, 0.4) is 0 Å². The number of fused-ring (bicyclic) bond motifs is 1. The number of hydrogen-bond donors (Lipinski definition) is 1. The van der Waals surface area contributed by atoms with Gasteiger partial charge in [-0.1, -0.05) is 12.1 Å². The van der Waals surface area contributed by atoms with E-state index in [0.717, 1.165) is 28.2 Å². The number of nitrogens with one attached hydrogen (secondary N) is 1. The molecule has 0 aliphatic heterocycles. The van der Waals surface area contributed by atoms with Crippen LogP contribution in [-0.2, 0) is 4.74 Å². The Morgan fingerprint density at radius 1 is 1.00 bits per heavy atom. The zero-order valence-electron chi connectivity index (χ0n) is 15.4. The van der Waals surface area contributed by atoms with Crippen molar-refractivity contribution in [1.29, 1.82) is 0 Å². The molecule has 0 atom stereocenters. The summed E-state index contributed by atoms with van der Waals surface area (Å²) in [6.45, 7) is 0. The van der Waals surface area contributed by atoms with E-state index < -0.39 is 0 Å². The molecule has 0 radical (unpaired) electrons. The average Bonchev–Trinajstić information content (AvgIpc) is 3.16. The van der Waals surface area contributed by atoms with E-state index in [2.05, 4.69) is 15.4 Å². The molecule has 4 rings (SSSR count). The fraction of sp³-hybridized carbons (Fsp3) is 0.0952. The van der Waals surface area contributed by atoms with Gasteiger partial charge in [0, 0.05) is 17.4 Å². The molecule has 0 saturated carbocycles. The van der Waals surface area contributed by atoms with Gasteiger partial charge in [-0.2, -0.15) is 4.98 Å². The van der Waals surface area contributed by atoms with Crippen LogP contribution in [0.2, 0.25) is 0 Å². The number of methoxy groups -OCH3 is 2. The lowest BCUT2D eigenvalue weighted by molar-refractivity contribution is 0.0601. The van der Waals surface area contributed by atoms with Gasteiger partial charge in [0.15, 0.2) is 5.65 Å². The topological polar surface area (TPSA) is 77.8 Å². The largest absolute Gasteiger partial charge is 0.497 e. The van der Waals surface area contributed by atoms with Gasteiger partial charge in [0.2, 0.25) is 5.95 Å². The Balaban J connectivity index is 1.63. The molecule has 2 heterocycles. The molecule has 0 unspecified atom stereocenters. The second kappa shape index (κ2) is 7.40. The summed E-state index contributed by atoms with van der Waals surface area (Å²) in [6, 6.07) is 18.7. The van der Waals surface area contributed by atoms with Crippen molar-refractivity contribution >= 4 is 23.3 Å². The van der Waals surface area contributed by atoms with E-state index in [4.69, 9.17) is 9.47 Å². The maximum Gasteiger partial charge on any atom is 0.337 e. The zero-order chi connectivity index (χ0) is 19.5. The fourth-order valence-corrected chi connectivity index (χ4v) is 2.89. The van der Waals surface area contributed by atoms with Crippen LogP contribution >= 0.6 is 0 Å². The standard InChI is InChI=1S/C21H18N4O3/c1-27-17-11-7-14(8-12-17)18-4-3-13-25-19(18)23-21(24-25)22-16-9-5-15(6-10-16)20(26)28-2/h3-13H,1-2H3,(H,22,24). The Hall–Kier alpha value is -3.87. The average molecular weight is 374 g/mol. The maximum absolute atomic E-state index is 11.5. The van der Waals surface area contributed by atoms with Gasteiger partial charge in [-0.3, -0.25) is 0 Å². The van der Waals surface area contributed by atoms with Gasteiger partial charge >= 0.3 is 5.97 Å². The molecule has 0 saturated heterocycles. The number of carbonyl (C=O) groups is 1. The van der Waals surface area contributed by atoms with Crippen molar-refractivity contribution < 1.29 is 14.3 Å². The van der Waals surface area contributed by atoms with E-state index in [9.17, 15) is 4.79 Å². The lowest BCUT2D eigenvalue weighted by Gasteiger charge is -2.04. The minimum absolute atomic E-state index is 0.374. The van der Waals surface area contributed by atoms with E-state index in [1.165, 1.54) is 7.11 Å². The van der Waals surface area contributed by atoms with Crippen molar-refractivity contribution in [3.8, 4) is 16.9 Å². The molecule has 2 aromatic carbocycles. The Morgan fingerprint density at radius 2 is 1.75 bits per heavy atom. The summed E-state index contributed by atoms with van der Waals surface area (Å²) in [7, 11) is 3.00. The fourth-order valence-electron chi connectivity index (χ4n) is 2.89. The number of pyridine rings is 1. The normalized spacial score (nSPS) is 10.6. The Morgan fingerprint density at radius 3 is 2.43 bits per heavy atom. The van der Waals surface area contributed by atoms with E-state index in [0.29, 0.717) is 11.5 Å². The molecule has 0 amide bonds. The van der Waals surface area contributed by atoms with Crippen LogP contribution < -0.4 is 10.1 Å². The van der Waals surface area contributed by atoms with Crippen molar-refractivity contribution in [2.24, 2.45) is 0 Å². The molecular weight excluding hydrogens is 356 g/mol. The van der Waals surface area contributed by atoms with Gasteiger partial charge in [-0.05, 0) is 54.1 Å². The number of aromatic nitrogens is 3. The third-order valence-electron chi connectivity index (χ3n) is 4.33. The van der Waals surface area contributed by atoms with Crippen LogP contribution in [0.1, 0.15) is 10.4 Å². The lowest BCUT2D eigenvalue weighted by Crippen LogP contribution is -2.01. The summed E-state index contributed by atoms with van der Waals surface area (Å²) in [4.78, 5) is 16.2. The Kier molecular flexibility index (Phi) is 4.63. The summed E-state index contributed by atoms with van der Waals surface area (Å²) >= 11 is 0. The van der Waals surface area contributed by atoms with Gasteiger partial charge in [-0.15, -0.1) is 5.10 Å². The zero-order valence-corrected chi connectivity index (χ0v) is 15.4. The number of hydrogen-bond acceptors (Lipinski definition) is 6. The summed E-state index contributed by atoms with van der Waals surface area (Å²) < 4.78 is 11.7. The predicted octanol–water partition coefficient (Wildman–Crippen LogP) is 3.94. The van der Waals surface area contributed by atoms with Crippen molar-refractivity contribution in [2.75, 3.05) is 19.5 Å². The van der Waals surface area contributed by atoms with Crippen molar-refractivity contribution in [1.82, 2.24) is 14.6 Å². The van der Waals surface area contributed by atoms with E-state index in [1.807, 2.05) is 42.6 Å². The van der Waals surface area contributed by atoms with Crippen molar-refractivity contribution in [2.45, 2.75) is 0 Å². The van der Waals surface area contributed by atoms with Crippen LogP contribution in [0.5, 0.6) is 5.75 Å². The molecule has 0 aliphatic carbocycles. The monoisotopic (exact) mass is 374 g/mol. The molecule has 1 N–H and O–H groups in total. The highest BCUT2D eigenvalue weighted by molar-refractivity contribution is 5.89. The highest BCUT2D eigenvalue weighted by Gasteiger charge is 2.11. The summed E-state index contributed by atoms with van der Waals surface area (Å²) in [6.07, 6.45) is 1.85. The molecule has 4 aromatic rings. The first-order valence-corrected chi connectivity index (χ1v) is 8.63. The number of esters is 1. The van der Waals surface area contributed by atoms with Crippen LogP contribution in [-0.4, -0.2) is 34.8 Å². The smallest absolute Gasteiger partial charge is 0.337 e. The van der Waals surface area contributed by atoms with Gasteiger partial charge in [0.05, 0.1) is 19.8 Å². The van der Waals surface area contributed by atoms with Crippen LogP contribution in [0.25, 0.3) is 16.8 Å². The highest BCUT2D eigenvalue weighted by Crippen LogP contribution is 2.26. The quantitative estimate of drug-likeness (QED) is 0.533. The van der Waals surface area contributed by atoms with Gasteiger partial charge in [0.25, 0.3) is 0 Å². The van der Waals surface area contributed by atoms with Gasteiger partial charge in [0.1, 0.15) is 5.75 Å². The Labute approximate surface area is 161 Å². The first-order valence-electron chi connectivity index (χ1n) is 8.63. The van der Waals surface area contributed by atoms with E-state index in [-0.39, 0.29) is 5.97 Å². The molecule has 7 nitrogen and oxygen atoms in total. The second-order valence-electron chi connectivity index (χ2n) is 6.05. The number of benzene rings is 2. The molecule has 140 valence electrons. The number of anilines is 2. The number of rotatable bonds is 5. The molecule has 0 aliphatic rings. The van der Waals surface area contributed by atoms with E-state index in [1.54, 1.807) is 35.9 Å². The van der Waals surface area contributed by atoms with Crippen LogP contribution in [0.4, 0.5) is 11.6 Å². The molecule has 7 heteroatoms. The molecule has 0 bridgehead atoms. The molecule has 0 fully saturated rings. The first-order chi connectivity index (χ1) is 13.7. The van der Waals surface area contributed by atoms with Crippen molar-refractivity contribution in [3.63, 3.8) is 0 Å². The molecule has 2 aromatic heterocycles. The van der Waals surface area contributed by atoms with Crippen LogP contribution in [0.15, 0.2) is 66.9 Å².